The molecule has 0 aliphatic rings. The zero-order valence-electron chi connectivity index (χ0n) is 7.31. The van der Waals surface area contributed by atoms with Crippen molar-refractivity contribution in [1.82, 2.24) is 0 Å². The summed E-state index contributed by atoms with van der Waals surface area (Å²) < 4.78 is 0. The Morgan fingerprint density at radius 3 is 2.31 bits per heavy atom. The van der Waals surface area contributed by atoms with Gasteiger partial charge in [-0.05, 0) is 19.1 Å². The van der Waals surface area contributed by atoms with Crippen molar-refractivity contribution in [1.29, 1.82) is 0 Å². The molecule has 0 amide bonds. The van der Waals surface area contributed by atoms with Gasteiger partial charge in [0.25, 0.3) is 0 Å². The molecule has 13 heavy (non-hydrogen) atoms. The van der Waals surface area contributed by atoms with Gasteiger partial charge >= 0.3 is 28.2 Å². The summed E-state index contributed by atoms with van der Waals surface area (Å²) in [5.74, 6) is 0.173. The van der Waals surface area contributed by atoms with Gasteiger partial charge in [-0.15, -0.1) is 0 Å². The molecule has 2 N–H and O–H groups in total. The van der Waals surface area contributed by atoms with Crippen molar-refractivity contribution in [3.63, 3.8) is 0 Å². The van der Waals surface area contributed by atoms with Crippen LogP contribution in [0, 0.1) is 0 Å². The molecule has 0 fully saturated rings. The molecule has 3 heteroatoms. The van der Waals surface area contributed by atoms with Crippen molar-refractivity contribution in [2.75, 3.05) is 0 Å². The van der Waals surface area contributed by atoms with E-state index in [1.165, 1.54) is 13.0 Å². The number of allylic oxidation sites excluding steroid dienone is 2. The molecule has 0 atom stereocenters. The Morgan fingerprint density at radius 2 is 1.85 bits per heavy atom. The predicted octanol–water partition coefficient (Wildman–Crippen LogP) is 2.04. The molecular weight excluding hydrogens is 333 g/mol. The van der Waals surface area contributed by atoms with E-state index >= 15 is 0 Å². The van der Waals surface area contributed by atoms with E-state index in [0.29, 0.717) is 5.56 Å². The van der Waals surface area contributed by atoms with Crippen molar-refractivity contribution >= 4 is 5.78 Å². The normalized spacial score (nSPS) is 10.4. The number of aliphatic hydroxyl groups is 1. The van der Waals surface area contributed by atoms with Gasteiger partial charge in [0.15, 0.2) is 0 Å². The molecule has 0 aliphatic heterocycles. The Hall–Kier alpha value is -0.830. The second-order valence-electron chi connectivity index (χ2n) is 2.54. The third-order valence-electron chi connectivity index (χ3n) is 1.42. The average Bonchev–Trinajstić information content (AvgIpc) is 2.05. The Morgan fingerprint density at radius 1 is 1.31 bits per heavy atom. The fourth-order valence-corrected chi connectivity index (χ4v) is 0.890. The summed E-state index contributed by atoms with van der Waals surface area (Å²) in [6.07, 6.45) is 1.31. The number of carbonyl (C=O) groups excluding carboxylic acids is 1. The molecule has 0 aromatic heterocycles. The van der Waals surface area contributed by atoms with E-state index < -0.39 is 0 Å². The third kappa shape index (κ3) is 4.08. The molecule has 2 nitrogen and oxygen atoms in total. The van der Waals surface area contributed by atoms with Gasteiger partial charge in [-0.2, -0.15) is 0 Å². The van der Waals surface area contributed by atoms with Crippen molar-refractivity contribution in [3.8, 4) is 0 Å². The second kappa shape index (κ2) is 5.75. The SMILES string of the molecule is C/C(O)=C/C(=[OH+])c1ccccc1.[Ta+5]. The van der Waals surface area contributed by atoms with E-state index in [9.17, 15) is 4.79 Å². The van der Waals surface area contributed by atoms with Crippen LogP contribution in [-0.2, 0) is 22.4 Å². The smallest absolute Gasteiger partial charge is 0.512 e. The van der Waals surface area contributed by atoms with E-state index in [1.807, 2.05) is 18.2 Å². The molecule has 0 bridgehead atoms. The maximum absolute atomic E-state index is 9.37. The summed E-state index contributed by atoms with van der Waals surface area (Å²) in [7, 11) is 0. The van der Waals surface area contributed by atoms with Gasteiger partial charge in [-0.25, -0.2) is 0 Å². The van der Waals surface area contributed by atoms with E-state index in [4.69, 9.17) is 5.11 Å². The molecule has 0 unspecified atom stereocenters. The summed E-state index contributed by atoms with van der Waals surface area (Å²) in [5.41, 5.74) is 0.700. The van der Waals surface area contributed by atoms with E-state index in [-0.39, 0.29) is 33.9 Å². The molecule has 62 valence electrons. The largest absolute Gasteiger partial charge is 5.00 e. The fraction of sp³-hybridized carbons (Fsp3) is 0.100. The first-order valence-electron chi connectivity index (χ1n) is 3.69. The number of hydrogen-bond donors (Lipinski definition) is 1. The van der Waals surface area contributed by atoms with Crippen LogP contribution in [0.5, 0.6) is 0 Å². The zero-order chi connectivity index (χ0) is 8.97. The molecule has 0 saturated carbocycles. The van der Waals surface area contributed by atoms with E-state index in [0.717, 1.165) is 0 Å². The third-order valence-corrected chi connectivity index (χ3v) is 1.42. The van der Waals surface area contributed by atoms with Gasteiger partial charge in [0.2, 0.25) is 0 Å². The van der Waals surface area contributed by atoms with Gasteiger partial charge in [-0.1, -0.05) is 18.2 Å². The van der Waals surface area contributed by atoms with Crippen LogP contribution in [0.25, 0.3) is 0 Å². The second-order valence-corrected chi connectivity index (χ2v) is 2.54. The number of benzene rings is 1. The summed E-state index contributed by atoms with van der Waals surface area (Å²) in [5, 5.41) is 8.86. The maximum Gasteiger partial charge on any atom is 5.00 e. The molecule has 0 saturated heterocycles. The van der Waals surface area contributed by atoms with Crippen LogP contribution in [0.1, 0.15) is 12.5 Å². The summed E-state index contributed by atoms with van der Waals surface area (Å²) >= 11 is 0. The average molecular weight is 344 g/mol. The Kier molecular flexibility index (Phi) is 5.39. The quantitative estimate of drug-likeness (QED) is 0.379. The maximum atomic E-state index is 9.37. The zero-order valence-corrected chi connectivity index (χ0v) is 10.5. The topological polar surface area (TPSA) is 41.6 Å². The minimum Gasteiger partial charge on any atom is -0.512 e. The van der Waals surface area contributed by atoms with Gasteiger partial charge < -0.3 is 5.11 Å². The minimum absolute atomic E-state index is 0. The van der Waals surface area contributed by atoms with E-state index in [1.54, 1.807) is 12.1 Å². The van der Waals surface area contributed by atoms with Gasteiger partial charge in [0, 0.05) is 0 Å². The van der Waals surface area contributed by atoms with Crippen molar-refractivity contribution in [2.45, 2.75) is 6.92 Å². The van der Waals surface area contributed by atoms with Crippen LogP contribution < -0.4 is 0 Å². The van der Waals surface area contributed by atoms with Crippen LogP contribution in [0.4, 0.5) is 0 Å². The first-order valence-corrected chi connectivity index (χ1v) is 3.69. The number of rotatable bonds is 2. The Balaban J connectivity index is 0.00000144. The fourth-order valence-electron chi connectivity index (χ4n) is 0.890. The van der Waals surface area contributed by atoms with Gasteiger partial charge in [0.1, 0.15) is 0 Å². The summed E-state index contributed by atoms with van der Waals surface area (Å²) in [6, 6.07) is 9.06. The first kappa shape index (κ1) is 12.2. The van der Waals surface area contributed by atoms with Crippen LogP contribution >= 0.6 is 0 Å². The molecule has 1 aromatic rings. The first-order chi connectivity index (χ1) is 5.70. The minimum atomic E-state index is 0. The van der Waals surface area contributed by atoms with Crippen LogP contribution in [0.15, 0.2) is 42.2 Å². The van der Waals surface area contributed by atoms with E-state index in [2.05, 4.69) is 0 Å². The molecule has 0 spiro atoms. The van der Waals surface area contributed by atoms with Gasteiger partial charge in [-0.3, -0.25) is 4.79 Å². The van der Waals surface area contributed by atoms with Crippen LogP contribution in [-0.4, -0.2) is 15.7 Å². The summed E-state index contributed by atoms with van der Waals surface area (Å²) in [4.78, 5) is 9.37. The summed E-state index contributed by atoms with van der Waals surface area (Å²) in [6.45, 7) is 1.51. The molecule has 0 radical (unpaired) electrons. The standard InChI is InChI=1S/C10H10O2.Ta/c1-8(11)7-10(12)9-5-3-2-4-6-9;/h2-7,11H,1H3;/q;+5/p+1/b8-7-;. The van der Waals surface area contributed by atoms with Crippen LogP contribution in [0.2, 0.25) is 0 Å². The predicted molar refractivity (Wildman–Crippen MR) is 48.9 cm³/mol. The van der Waals surface area contributed by atoms with Crippen molar-refractivity contribution in [2.24, 2.45) is 0 Å². The van der Waals surface area contributed by atoms with Crippen molar-refractivity contribution in [3.05, 3.63) is 47.7 Å². The molecule has 1 rings (SSSR count). The van der Waals surface area contributed by atoms with Crippen LogP contribution in [0.3, 0.4) is 0 Å². The number of ketones is 1. The van der Waals surface area contributed by atoms with Crippen molar-refractivity contribution < 1.29 is 32.3 Å². The molecular formula is C10H11O2Ta+6. The molecule has 0 aliphatic carbocycles. The van der Waals surface area contributed by atoms with Gasteiger partial charge in [0.05, 0.1) is 17.4 Å². The molecule has 0 heterocycles. The number of hydrogen-bond acceptors (Lipinski definition) is 1. The molecule has 1 aromatic carbocycles. The Bertz CT molecular complexity index is 300. The monoisotopic (exact) mass is 344 g/mol. The number of aliphatic hydroxyl groups excluding tert-OH is 1. The Labute approximate surface area is 92.8 Å².